The van der Waals surface area contributed by atoms with Gasteiger partial charge in [-0.2, -0.15) is 0 Å². The van der Waals surface area contributed by atoms with Gasteiger partial charge in [-0.3, -0.25) is 0 Å². The molecule has 0 fully saturated rings. The lowest BCUT2D eigenvalue weighted by Gasteiger charge is -2.43. The predicted molar refractivity (Wildman–Crippen MR) is 119 cm³/mol. The van der Waals surface area contributed by atoms with E-state index in [2.05, 4.69) is 44.9 Å². The van der Waals surface area contributed by atoms with E-state index in [4.69, 9.17) is 4.74 Å². The standard InChI is InChI=1S/C25H28O3S/c1-16-15-19-20(25(4,5)13-12-24(19,2)3)22(21(16)26)29-14-11-17-7-9-18(10-8-17)23(27)28-6/h7-10,15,26H,12-13H2,1-6H3. The third kappa shape index (κ3) is 4.16. The van der Waals surface area contributed by atoms with Gasteiger partial charge in [-0.25, -0.2) is 4.79 Å². The first-order chi connectivity index (χ1) is 13.6. The summed E-state index contributed by atoms with van der Waals surface area (Å²) in [6.07, 6.45) is 2.20. The highest BCUT2D eigenvalue weighted by molar-refractivity contribution is 8.04. The number of hydrogen-bond donors (Lipinski definition) is 1. The summed E-state index contributed by atoms with van der Waals surface area (Å²) in [5.41, 5.74) is 4.80. The number of aromatic hydroxyl groups is 1. The molecule has 0 aromatic heterocycles. The van der Waals surface area contributed by atoms with E-state index in [0.717, 1.165) is 28.9 Å². The van der Waals surface area contributed by atoms with Crippen LogP contribution in [0.15, 0.2) is 35.2 Å². The summed E-state index contributed by atoms with van der Waals surface area (Å²) in [6.45, 7) is 11.0. The second-order valence-corrected chi connectivity index (χ2v) is 9.78. The molecule has 0 bridgehead atoms. The highest BCUT2D eigenvalue weighted by Crippen LogP contribution is 2.52. The number of methoxy groups -OCH3 is 1. The average Bonchev–Trinajstić information content (AvgIpc) is 2.68. The van der Waals surface area contributed by atoms with Gasteiger partial charge in [0.15, 0.2) is 0 Å². The van der Waals surface area contributed by atoms with Gasteiger partial charge in [0.05, 0.1) is 17.6 Å². The molecule has 29 heavy (non-hydrogen) atoms. The maximum absolute atomic E-state index is 11.6. The molecule has 1 N–H and O–H groups in total. The van der Waals surface area contributed by atoms with Gasteiger partial charge in [-0.1, -0.05) is 39.7 Å². The maximum atomic E-state index is 11.6. The van der Waals surface area contributed by atoms with E-state index in [-0.39, 0.29) is 16.8 Å². The third-order valence-corrected chi connectivity index (χ3v) is 6.69. The Labute approximate surface area is 177 Å². The van der Waals surface area contributed by atoms with Gasteiger partial charge in [-0.05, 0) is 88.6 Å². The van der Waals surface area contributed by atoms with Crippen LogP contribution in [0.1, 0.15) is 73.1 Å². The number of carbonyl (C=O) groups excluding carboxylic acids is 1. The molecule has 1 aliphatic carbocycles. The first kappa shape index (κ1) is 21.3. The Hall–Kier alpha value is -2.38. The minimum Gasteiger partial charge on any atom is -0.506 e. The molecule has 0 spiro atoms. The number of ether oxygens (including phenoxy) is 1. The van der Waals surface area contributed by atoms with E-state index in [1.807, 2.05) is 6.92 Å². The molecular weight excluding hydrogens is 380 g/mol. The van der Waals surface area contributed by atoms with Crippen molar-refractivity contribution in [1.82, 2.24) is 0 Å². The van der Waals surface area contributed by atoms with Crippen LogP contribution in [0.5, 0.6) is 5.75 Å². The third-order valence-electron chi connectivity index (χ3n) is 5.88. The number of hydrogen-bond acceptors (Lipinski definition) is 4. The molecule has 1 aliphatic rings. The molecule has 0 unspecified atom stereocenters. The van der Waals surface area contributed by atoms with Gasteiger partial charge < -0.3 is 9.84 Å². The zero-order valence-corrected chi connectivity index (χ0v) is 18.8. The van der Waals surface area contributed by atoms with Gasteiger partial charge in [0.1, 0.15) is 5.75 Å². The van der Waals surface area contributed by atoms with E-state index in [1.54, 1.807) is 24.3 Å². The van der Waals surface area contributed by atoms with Gasteiger partial charge in [0, 0.05) is 5.56 Å². The lowest BCUT2D eigenvalue weighted by Crippen LogP contribution is -2.34. The number of carbonyl (C=O) groups is 1. The van der Waals surface area contributed by atoms with E-state index in [9.17, 15) is 9.90 Å². The zero-order chi connectivity index (χ0) is 21.4. The molecule has 0 saturated carbocycles. The Balaban J connectivity index is 1.98. The second-order valence-electron chi connectivity index (χ2n) is 8.96. The SMILES string of the molecule is COC(=O)c1ccc(C#CSc2c(O)c(C)cc3c2C(C)(C)CCC3(C)C)cc1. The second kappa shape index (κ2) is 7.80. The minimum atomic E-state index is -0.361. The maximum Gasteiger partial charge on any atom is 0.337 e. The van der Waals surface area contributed by atoms with E-state index in [0.29, 0.717) is 11.3 Å². The lowest BCUT2D eigenvalue weighted by molar-refractivity contribution is 0.0600. The van der Waals surface area contributed by atoms with Crippen molar-refractivity contribution in [2.45, 2.75) is 63.2 Å². The van der Waals surface area contributed by atoms with Crippen LogP contribution < -0.4 is 0 Å². The molecule has 3 rings (SSSR count). The summed E-state index contributed by atoms with van der Waals surface area (Å²) in [7, 11) is 1.37. The Morgan fingerprint density at radius 3 is 2.34 bits per heavy atom. The van der Waals surface area contributed by atoms with Crippen LogP contribution in [0, 0.1) is 18.1 Å². The van der Waals surface area contributed by atoms with Crippen molar-refractivity contribution in [2.75, 3.05) is 7.11 Å². The number of benzene rings is 2. The van der Waals surface area contributed by atoms with Crippen LogP contribution in [0.2, 0.25) is 0 Å². The van der Waals surface area contributed by atoms with Crippen molar-refractivity contribution in [3.05, 3.63) is 58.1 Å². The first-order valence-corrected chi connectivity index (χ1v) is 10.6. The van der Waals surface area contributed by atoms with Crippen molar-refractivity contribution in [3.8, 4) is 16.9 Å². The van der Waals surface area contributed by atoms with E-state index in [1.165, 1.54) is 30.0 Å². The fourth-order valence-electron chi connectivity index (χ4n) is 3.91. The molecule has 4 heteroatoms. The van der Waals surface area contributed by atoms with Crippen molar-refractivity contribution in [3.63, 3.8) is 0 Å². The van der Waals surface area contributed by atoms with E-state index < -0.39 is 0 Å². The number of esters is 1. The number of phenols is 1. The Bertz CT molecular complexity index is 1010. The number of fused-ring (bicyclic) bond motifs is 1. The summed E-state index contributed by atoms with van der Waals surface area (Å²) in [4.78, 5) is 12.4. The van der Waals surface area contributed by atoms with Gasteiger partial charge in [0.2, 0.25) is 0 Å². The lowest BCUT2D eigenvalue weighted by atomic mass is 9.63. The molecule has 0 heterocycles. The summed E-state index contributed by atoms with van der Waals surface area (Å²) >= 11 is 1.39. The van der Waals surface area contributed by atoms with Crippen LogP contribution in [0.4, 0.5) is 0 Å². The van der Waals surface area contributed by atoms with Crippen molar-refractivity contribution < 1.29 is 14.6 Å². The molecule has 0 aliphatic heterocycles. The van der Waals surface area contributed by atoms with Crippen LogP contribution in [0.25, 0.3) is 0 Å². The Morgan fingerprint density at radius 2 is 1.72 bits per heavy atom. The molecule has 2 aromatic carbocycles. The molecule has 0 atom stereocenters. The smallest absolute Gasteiger partial charge is 0.337 e. The van der Waals surface area contributed by atoms with Gasteiger partial charge >= 0.3 is 5.97 Å². The summed E-state index contributed by atoms with van der Waals surface area (Å²) in [6, 6.07) is 9.17. The van der Waals surface area contributed by atoms with Crippen molar-refractivity contribution in [2.24, 2.45) is 0 Å². The molecule has 0 amide bonds. The van der Waals surface area contributed by atoms with Crippen LogP contribution >= 0.6 is 11.8 Å². The highest BCUT2D eigenvalue weighted by atomic mass is 32.2. The molecule has 0 radical (unpaired) electrons. The fourth-order valence-corrected chi connectivity index (χ4v) is 4.93. The summed E-state index contributed by atoms with van der Waals surface area (Å²) in [5.74, 6) is 3.10. The zero-order valence-electron chi connectivity index (χ0n) is 18.0. The molecule has 3 nitrogen and oxygen atoms in total. The highest BCUT2D eigenvalue weighted by Gasteiger charge is 2.40. The average molecular weight is 409 g/mol. The molecule has 2 aromatic rings. The quantitative estimate of drug-likeness (QED) is 0.380. The monoisotopic (exact) mass is 408 g/mol. The normalized spacial score (nSPS) is 16.3. The predicted octanol–water partition coefficient (Wildman–Crippen LogP) is 5.94. The van der Waals surface area contributed by atoms with Gasteiger partial charge in [-0.15, -0.1) is 0 Å². The topological polar surface area (TPSA) is 46.5 Å². The molecule has 152 valence electrons. The van der Waals surface area contributed by atoms with Crippen molar-refractivity contribution in [1.29, 1.82) is 0 Å². The Morgan fingerprint density at radius 1 is 1.10 bits per heavy atom. The fraction of sp³-hybridized carbons (Fsp3) is 0.400. The number of phenolic OH excluding ortho intramolecular Hbond substituents is 1. The number of thioether (sulfide) groups is 1. The van der Waals surface area contributed by atoms with E-state index >= 15 is 0 Å². The minimum absolute atomic E-state index is 0.0117. The Kier molecular flexibility index (Phi) is 5.74. The molecular formula is C25H28O3S. The van der Waals surface area contributed by atoms with Crippen LogP contribution in [-0.2, 0) is 15.6 Å². The number of aryl methyl sites for hydroxylation is 1. The largest absolute Gasteiger partial charge is 0.506 e. The summed E-state index contributed by atoms with van der Waals surface area (Å²) in [5, 5.41) is 14.0. The van der Waals surface area contributed by atoms with Gasteiger partial charge in [0.25, 0.3) is 0 Å². The van der Waals surface area contributed by atoms with Crippen molar-refractivity contribution >= 4 is 17.7 Å². The summed E-state index contributed by atoms with van der Waals surface area (Å²) < 4.78 is 4.72. The van der Waals surface area contributed by atoms with Crippen LogP contribution in [0.3, 0.4) is 0 Å². The van der Waals surface area contributed by atoms with Crippen LogP contribution in [-0.4, -0.2) is 18.2 Å². The number of rotatable bonds is 2. The molecule has 0 saturated heterocycles. The first-order valence-electron chi connectivity index (χ1n) is 9.80.